The van der Waals surface area contributed by atoms with Crippen LogP contribution in [0.3, 0.4) is 0 Å². The Hall–Kier alpha value is -1.12. The van der Waals surface area contributed by atoms with Gasteiger partial charge in [-0.15, -0.1) is 0 Å². The smallest absolute Gasteiger partial charge is 0.249 e. The van der Waals surface area contributed by atoms with Gasteiger partial charge in [-0.25, -0.2) is 0 Å². The summed E-state index contributed by atoms with van der Waals surface area (Å²) in [6, 6.07) is 1.79. The second-order valence-electron chi connectivity index (χ2n) is 3.18. The first-order valence-corrected chi connectivity index (χ1v) is 4.14. The summed E-state index contributed by atoms with van der Waals surface area (Å²) in [5, 5.41) is 29.2. The molecule has 0 aliphatic rings. The van der Waals surface area contributed by atoms with Crippen molar-refractivity contribution in [2.24, 2.45) is 5.41 Å². The molecule has 1 unspecified atom stereocenters. The quantitative estimate of drug-likeness (QED) is 0.520. The molecule has 0 aliphatic carbocycles. The molecule has 80 valence electrons. The highest BCUT2D eigenvalue weighted by Gasteiger charge is 2.32. The average Bonchev–Trinajstić information content (AvgIpc) is 2.25. The monoisotopic (exact) mass is 203 g/mol. The van der Waals surface area contributed by atoms with E-state index in [1.165, 1.54) is 0 Å². The Kier molecular flexibility index (Phi) is 3.27. The Morgan fingerprint density at radius 1 is 1.86 bits per heavy atom. The number of rotatable bonds is 5. The first kappa shape index (κ1) is 8.21. The van der Waals surface area contributed by atoms with Crippen LogP contribution in [0.25, 0.3) is 0 Å². The van der Waals surface area contributed by atoms with Gasteiger partial charge in [0.05, 0.1) is 19.1 Å². The van der Waals surface area contributed by atoms with Crippen molar-refractivity contribution in [2.75, 3.05) is 13.2 Å². The third-order valence-corrected chi connectivity index (χ3v) is 1.72. The standard InChI is InChI=1S/C9H16N2O3/c1-9(2,6-12)7(13)8(14)11-5-3-4-10/h7,12-13H,3,5-6H2,1-2H3,(H,11,14)/t7-/m0/s1/i1D3/t7-,9?. The van der Waals surface area contributed by atoms with Crippen molar-refractivity contribution < 1.29 is 19.1 Å². The lowest BCUT2D eigenvalue weighted by Crippen LogP contribution is -2.45. The summed E-state index contributed by atoms with van der Waals surface area (Å²) in [7, 11) is 0. The Bertz CT molecular complexity index is 314. The molecule has 0 heterocycles. The minimum atomic E-state index is -2.67. The van der Waals surface area contributed by atoms with E-state index in [1.54, 1.807) is 6.07 Å². The van der Waals surface area contributed by atoms with Crippen molar-refractivity contribution >= 4 is 5.91 Å². The molecule has 0 aliphatic heterocycles. The lowest BCUT2D eigenvalue weighted by molar-refractivity contribution is -0.137. The van der Waals surface area contributed by atoms with Gasteiger partial charge in [-0.05, 0) is 0 Å². The van der Waals surface area contributed by atoms with Gasteiger partial charge in [-0.3, -0.25) is 4.79 Å². The first-order valence-electron chi connectivity index (χ1n) is 5.64. The van der Waals surface area contributed by atoms with Crippen LogP contribution < -0.4 is 5.32 Å². The van der Waals surface area contributed by atoms with Crippen molar-refractivity contribution in [2.45, 2.75) is 26.3 Å². The van der Waals surface area contributed by atoms with Gasteiger partial charge >= 0.3 is 0 Å². The second-order valence-corrected chi connectivity index (χ2v) is 3.18. The Labute approximate surface area is 87.6 Å². The van der Waals surface area contributed by atoms with Gasteiger partial charge in [0.25, 0.3) is 0 Å². The molecule has 14 heavy (non-hydrogen) atoms. The number of amides is 1. The zero-order chi connectivity index (χ0) is 13.7. The zero-order valence-corrected chi connectivity index (χ0v) is 7.95. The molecule has 0 fully saturated rings. The van der Waals surface area contributed by atoms with E-state index >= 15 is 0 Å². The van der Waals surface area contributed by atoms with Gasteiger partial charge in [0.15, 0.2) is 0 Å². The van der Waals surface area contributed by atoms with Gasteiger partial charge in [-0.2, -0.15) is 5.26 Å². The van der Waals surface area contributed by atoms with E-state index in [4.69, 9.17) is 14.5 Å². The number of hydrogen-bond acceptors (Lipinski definition) is 4. The van der Waals surface area contributed by atoms with Gasteiger partial charge in [0.1, 0.15) is 6.10 Å². The fourth-order valence-corrected chi connectivity index (χ4v) is 0.714. The van der Waals surface area contributed by atoms with E-state index < -0.39 is 30.9 Å². The summed E-state index contributed by atoms with van der Waals surface area (Å²) in [4.78, 5) is 11.4. The number of nitrogens with zero attached hydrogens (tertiary/aromatic N) is 1. The fraction of sp³-hybridized carbons (Fsp3) is 0.778. The Balaban J connectivity index is 4.71. The highest BCUT2D eigenvalue weighted by molar-refractivity contribution is 5.81. The SMILES string of the molecule is [2H]C([2H])([2H])C(C)(CO)[C@@H](O)C(=O)NCCC#N. The van der Waals surface area contributed by atoms with Crippen LogP contribution in [-0.4, -0.2) is 35.4 Å². The summed E-state index contributed by atoms with van der Waals surface area (Å²) < 4.78 is 21.6. The molecule has 0 aromatic carbocycles. The molecule has 0 bridgehead atoms. The summed E-state index contributed by atoms with van der Waals surface area (Å²) >= 11 is 0. The molecular formula is C9H16N2O3. The number of aliphatic hydroxyl groups is 2. The summed E-state index contributed by atoms with van der Waals surface area (Å²) in [6.07, 6.45) is -1.80. The molecular weight excluding hydrogens is 184 g/mol. The van der Waals surface area contributed by atoms with E-state index in [2.05, 4.69) is 5.32 Å². The molecule has 0 spiro atoms. The highest BCUT2D eigenvalue weighted by Crippen LogP contribution is 2.19. The van der Waals surface area contributed by atoms with Gasteiger partial charge in [0, 0.05) is 16.1 Å². The van der Waals surface area contributed by atoms with Crippen molar-refractivity contribution in [3.05, 3.63) is 0 Å². The van der Waals surface area contributed by atoms with E-state index in [9.17, 15) is 9.90 Å². The van der Waals surface area contributed by atoms with E-state index in [-0.39, 0.29) is 13.0 Å². The number of hydrogen-bond donors (Lipinski definition) is 3. The van der Waals surface area contributed by atoms with Crippen LogP contribution in [0, 0.1) is 16.7 Å². The van der Waals surface area contributed by atoms with Crippen LogP contribution in [0.5, 0.6) is 0 Å². The van der Waals surface area contributed by atoms with Gasteiger partial charge in [-0.1, -0.05) is 13.8 Å². The molecule has 0 rings (SSSR count). The topological polar surface area (TPSA) is 93.3 Å². The van der Waals surface area contributed by atoms with Crippen LogP contribution in [0.4, 0.5) is 0 Å². The van der Waals surface area contributed by atoms with Crippen molar-refractivity contribution in [1.82, 2.24) is 5.32 Å². The molecule has 0 saturated heterocycles. The van der Waals surface area contributed by atoms with E-state index in [0.717, 1.165) is 6.92 Å². The highest BCUT2D eigenvalue weighted by atomic mass is 16.3. The minimum absolute atomic E-state index is 0.0227. The predicted molar refractivity (Wildman–Crippen MR) is 50.1 cm³/mol. The number of nitriles is 1. The average molecular weight is 203 g/mol. The Morgan fingerprint density at radius 3 is 2.93 bits per heavy atom. The maximum absolute atomic E-state index is 11.4. The molecule has 2 atom stereocenters. The molecule has 1 amide bonds. The molecule has 0 radical (unpaired) electrons. The maximum Gasteiger partial charge on any atom is 0.249 e. The predicted octanol–water partition coefficient (Wildman–Crippen LogP) is -0.604. The number of carbonyl (C=O) groups is 1. The van der Waals surface area contributed by atoms with Gasteiger partial charge < -0.3 is 15.5 Å². The van der Waals surface area contributed by atoms with Crippen molar-refractivity contribution in [3.8, 4) is 6.07 Å². The van der Waals surface area contributed by atoms with E-state index in [0.29, 0.717) is 0 Å². The fourth-order valence-electron chi connectivity index (χ4n) is 0.714. The summed E-state index contributed by atoms with van der Waals surface area (Å²) in [6.45, 7) is -2.40. The third kappa shape index (κ3) is 3.73. The maximum atomic E-state index is 11.4. The largest absolute Gasteiger partial charge is 0.396 e. The molecule has 3 N–H and O–H groups in total. The molecule has 0 aromatic heterocycles. The molecule has 5 nitrogen and oxygen atoms in total. The lowest BCUT2D eigenvalue weighted by Gasteiger charge is -2.26. The van der Waals surface area contributed by atoms with Crippen LogP contribution in [0.2, 0.25) is 0 Å². The lowest BCUT2D eigenvalue weighted by atomic mass is 9.87. The number of nitrogens with one attached hydrogen (secondary N) is 1. The van der Waals surface area contributed by atoms with Gasteiger partial charge in [0.2, 0.25) is 5.91 Å². The van der Waals surface area contributed by atoms with Crippen LogP contribution in [0.15, 0.2) is 0 Å². The van der Waals surface area contributed by atoms with Crippen LogP contribution in [0.1, 0.15) is 24.3 Å². The zero-order valence-electron chi connectivity index (χ0n) is 10.9. The second kappa shape index (κ2) is 5.58. The number of carbonyl (C=O) groups excluding carboxylic acids is 1. The summed E-state index contributed by atoms with van der Waals surface area (Å²) in [5.41, 5.74) is -1.93. The molecule has 0 saturated carbocycles. The minimum Gasteiger partial charge on any atom is -0.396 e. The van der Waals surface area contributed by atoms with Crippen LogP contribution >= 0.6 is 0 Å². The van der Waals surface area contributed by atoms with Crippen molar-refractivity contribution in [3.63, 3.8) is 0 Å². The molecule has 5 heteroatoms. The number of aliphatic hydroxyl groups excluding tert-OH is 2. The normalized spacial score (nSPS) is 20.6. The molecule has 0 aromatic rings. The van der Waals surface area contributed by atoms with Crippen molar-refractivity contribution in [1.29, 1.82) is 5.26 Å². The summed E-state index contributed by atoms with van der Waals surface area (Å²) in [5.74, 6) is -0.909. The first-order chi connectivity index (χ1) is 7.70. The third-order valence-electron chi connectivity index (χ3n) is 1.72. The van der Waals surface area contributed by atoms with Crippen LogP contribution in [-0.2, 0) is 4.79 Å². The Morgan fingerprint density at radius 2 is 2.50 bits per heavy atom. The van der Waals surface area contributed by atoms with E-state index in [1.807, 2.05) is 0 Å².